The maximum absolute atomic E-state index is 13.2. The Morgan fingerprint density at radius 3 is 2.81 bits per heavy atom. The van der Waals surface area contributed by atoms with Crippen molar-refractivity contribution < 1.29 is 29.0 Å². The van der Waals surface area contributed by atoms with Crippen LogP contribution in [0.1, 0.15) is 46.5 Å². The Hall–Kier alpha value is -1.67. The minimum Gasteiger partial charge on any atom is -0.466 e. The molecule has 2 bridgehead atoms. The normalized spacial score (nSPS) is 35.3. The number of rotatable bonds is 8. The molecule has 1 spiro atoms. The van der Waals surface area contributed by atoms with Crippen molar-refractivity contribution in [2.75, 3.05) is 19.8 Å². The molecule has 8 heteroatoms. The molecular weight excluding hydrogens is 352 g/mol. The molecule has 0 radical (unpaired) electrons. The van der Waals surface area contributed by atoms with Crippen molar-refractivity contribution in [3.8, 4) is 0 Å². The molecule has 0 aliphatic carbocycles. The number of aliphatic hydroxyl groups is 1. The topological polar surface area (TPSA) is 105 Å². The van der Waals surface area contributed by atoms with Crippen LogP contribution in [0, 0.1) is 11.8 Å². The predicted molar refractivity (Wildman–Crippen MR) is 95.6 cm³/mol. The third-order valence-corrected chi connectivity index (χ3v) is 6.06. The van der Waals surface area contributed by atoms with Crippen LogP contribution in [-0.4, -0.2) is 71.3 Å². The summed E-state index contributed by atoms with van der Waals surface area (Å²) in [5, 5.41) is 12.4. The lowest BCUT2D eigenvalue weighted by Gasteiger charge is -2.34. The lowest BCUT2D eigenvalue weighted by Crippen LogP contribution is -2.56. The molecule has 0 saturated carbocycles. The number of esters is 1. The first kappa shape index (κ1) is 20.1. The van der Waals surface area contributed by atoms with Crippen molar-refractivity contribution in [2.45, 2.75) is 70.2 Å². The highest BCUT2D eigenvalue weighted by molar-refractivity contribution is 5.98. The van der Waals surface area contributed by atoms with E-state index in [9.17, 15) is 19.5 Å². The molecule has 8 nitrogen and oxygen atoms in total. The summed E-state index contributed by atoms with van der Waals surface area (Å²) in [7, 11) is 0. The highest BCUT2D eigenvalue weighted by atomic mass is 16.6. The lowest BCUT2D eigenvalue weighted by atomic mass is 9.70. The summed E-state index contributed by atoms with van der Waals surface area (Å²) in [4.78, 5) is 40.2. The SMILES string of the molecule is CCCC(C)NC(=O)[C@@H]1N(CCO)C(=O)[C@H]2[C@H](C(=O)OCC)[C@@H]3CC[C@]12O3. The molecule has 152 valence electrons. The van der Waals surface area contributed by atoms with Crippen LogP contribution in [0.4, 0.5) is 0 Å². The van der Waals surface area contributed by atoms with Gasteiger partial charge in [-0.05, 0) is 33.1 Å². The molecule has 1 unspecified atom stereocenters. The fourth-order valence-corrected chi connectivity index (χ4v) is 5.14. The van der Waals surface area contributed by atoms with E-state index in [1.54, 1.807) is 6.92 Å². The van der Waals surface area contributed by atoms with Gasteiger partial charge in [-0.2, -0.15) is 0 Å². The summed E-state index contributed by atoms with van der Waals surface area (Å²) in [5.41, 5.74) is -1.01. The Balaban J connectivity index is 1.92. The second kappa shape index (κ2) is 7.75. The van der Waals surface area contributed by atoms with Crippen molar-refractivity contribution in [1.82, 2.24) is 10.2 Å². The number of ether oxygens (including phenoxy) is 2. The van der Waals surface area contributed by atoms with Gasteiger partial charge < -0.3 is 24.8 Å². The van der Waals surface area contributed by atoms with Crippen molar-refractivity contribution in [1.29, 1.82) is 0 Å². The molecule has 27 heavy (non-hydrogen) atoms. The van der Waals surface area contributed by atoms with E-state index in [4.69, 9.17) is 9.47 Å². The number of fused-ring (bicyclic) bond motifs is 1. The Bertz CT molecular complexity index is 611. The lowest BCUT2D eigenvalue weighted by molar-refractivity contribution is -0.154. The van der Waals surface area contributed by atoms with Gasteiger partial charge in [0, 0.05) is 12.6 Å². The summed E-state index contributed by atoms with van der Waals surface area (Å²) in [5.74, 6) is -2.41. The summed E-state index contributed by atoms with van der Waals surface area (Å²) in [6.07, 6.45) is 2.54. The van der Waals surface area contributed by atoms with Crippen molar-refractivity contribution in [3.05, 3.63) is 0 Å². The van der Waals surface area contributed by atoms with E-state index in [2.05, 4.69) is 5.32 Å². The van der Waals surface area contributed by atoms with Crippen LogP contribution in [0.5, 0.6) is 0 Å². The van der Waals surface area contributed by atoms with E-state index in [0.29, 0.717) is 12.8 Å². The molecule has 3 saturated heterocycles. The molecule has 3 heterocycles. The predicted octanol–water partition coefficient (Wildman–Crippen LogP) is 0.221. The van der Waals surface area contributed by atoms with Crippen LogP contribution >= 0.6 is 0 Å². The molecule has 3 aliphatic rings. The van der Waals surface area contributed by atoms with Gasteiger partial charge in [-0.15, -0.1) is 0 Å². The first-order chi connectivity index (χ1) is 12.9. The van der Waals surface area contributed by atoms with Crippen molar-refractivity contribution >= 4 is 17.8 Å². The molecule has 0 aromatic carbocycles. The molecule has 0 aromatic heterocycles. The molecule has 3 rings (SSSR count). The first-order valence-electron chi connectivity index (χ1n) is 9.97. The van der Waals surface area contributed by atoms with E-state index in [0.717, 1.165) is 12.8 Å². The summed E-state index contributed by atoms with van der Waals surface area (Å²) in [6.45, 7) is 5.71. The van der Waals surface area contributed by atoms with E-state index < -0.39 is 35.6 Å². The molecule has 2 N–H and O–H groups in total. The fraction of sp³-hybridized carbons (Fsp3) is 0.842. The van der Waals surface area contributed by atoms with Crippen LogP contribution in [0.3, 0.4) is 0 Å². The number of amides is 2. The number of nitrogens with zero attached hydrogens (tertiary/aromatic N) is 1. The summed E-state index contributed by atoms with van der Waals surface area (Å²) >= 11 is 0. The van der Waals surface area contributed by atoms with Crippen molar-refractivity contribution in [2.24, 2.45) is 11.8 Å². The van der Waals surface area contributed by atoms with Crippen LogP contribution in [0.25, 0.3) is 0 Å². The van der Waals surface area contributed by atoms with Gasteiger partial charge in [0.05, 0.1) is 31.2 Å². The van der Waals surface area contributed by atoms with Gasteiger partial charge in [0.1, 0.15) is 11.6 Å². The number of aliphatic hydroxyl groups excluding tert-OH is 1. The third-order valence-electron chi connectivity index (χ3n) is 6.06. The quantitative estimate of drug-likeness (QED) is 0.582. The Morgan fingerprint density at radius 1 is 1.44 bits per heavy atom. The van der Waals surface area contributed by atoms with Crippen LogP contribution in [0.15, 0.2) is 0 Å². The van der Waals surface area contributed by atoms with Gasteiger partial charge in [-0.1, -0.05) is 13.3 Å². The van der Waals surface area contributed by atoms with Gasteiger partial charge in [0.25, 0.3) is 0 Å². The number of likely N-dealkylation sites (tertiary alicyclic amines) is 1. The van der Waals surface area contributed by atoms with E-state index in [1.165, 1.54) is 4.90 Å². The second-order valence-electron chi connectivity index (χ2n) is 7.76. The van der Waals surface area contributed by atoms with Gasteiger partial charge in [0.15, 0.2) is 0 Å². The maximum Gasteiger partial charge on any atom is 0.312 e. The molecule has 2 amide bonds. The number of hydrogen-bond donors (Lipinski definition) is 2. The number of nitrogens with one attached hydrogen (secondary N) is 1. The van der Waals surface area contributed by atoms with Crippen molar-refractivity contribution in [3.63, 3.8) is 0 Å². The van der Waals surface area contributed by atoms with Crippen LogP contribution in [0.2, 0.25) is 0 Å². The smallest absolute Gasteiger partial charge is 0.312 e. The largest absolute Gasteiger partial charge is 0.466 e. The average Bonchev–Trinajstić information content (AvgIpc) is 3.24. The molecule has 3 fully saturated rings. The number of β-amino-alcohol motifs (C(OH)–C–C–N with tert-alkyl or cyclic N) is 1. The maximum atomic E-state index is 13.2. The molecule has 0 aromatic rings. The molecule has 3 aliphatic heterocycles. The molecule has 6 atom stereocenters. The highest BCUT2D eigenvalue weighted by Crippen LogP contribution is 2.58. The van der Waals surface area contributed by atoms with Gasteiger partial charge in [-0.3, -0.25) is 14.4 Å². The molecular formula is C19H30N2O6. The Morgan fingerprint density at radius 2 is 2.19 bits per heavy atom. The zero-order chi connectivity index (χ0) is 19.8. The summed E-state index contributed by atoms with van der Waals surface area (Å²) in [6, 6.07) is -0.852. The number of hydrogen-bond acceptors (Lipinski definition) is 6. The minimum absolute atomic E-state index is 0.0246. The minimum atomic E-state index is -1.01. The highest BCUT2D eigenvalue weighted by Gasteiger charge is 2.74. The van der Waals surface area contributed by atoms with E-state index >= 15 is 0 Å². The Labute approximate surface area is 159 Å². The van der Waals surface area contributed by atoms with E-state index in [1.807, 2.05) is 13.8 Å². The Kier molecular flexibility index (Phi) is 5.76. The number of carbonyl (C=O) groups is 3. The summed E-state index contributed by atoms with van der Waals surface area (Å²) < 4.78 is 11.4. The fourth-order valence-electron chi connectivity index (χ4n) is 5.14. The zero-order valence-electron chi connectivity index (χ0n) is 16.3. The zero-order valence-corrected chi connectivity index (χ0v) is 16.3. The van der Waals surface area contributed by atoms with E-state index in [-0.39, 0.29) is 37.6 Å². The standard InChI is InChI=1S/C19H30N2O6/c1-4-6-11(3)20-16(23)15-19-8-7-12(27-19)13(18(25)26-5-2)14(19)17(24)21(15)9-10-22/h11-15,22H,4-10H2,1-3H3,(H,20,23)/t11?,12-,13+,14+,15-,19+/m0/s1. The van der Waals surface area contributed by atoms with Crippen LogP contribution < -0.4 is 5.32 Å². The van der Waals surface area contributed by atoms with Crippen LogP contribution in [-0.2, 0) is 23.9 Å². The average molecular weight is 382 g/mol. The second-order valence-corrected chi connectivity index (χ2v) is 7.76. The van der Waals surface area contributed by atoms with Gasteiger partial charge in [-0.25, -0.2) is 0 Å². The first-order valence-corrected chi connectivity index (χ1v) is 9.97. The van der Waals surface area contributed by atoms with Gasteiger partial charge in [0.2, 0.25) is 11.8 Å². The number of carbonyl (C=O) groups excluding carboxylic acids is 3. The monoisotopic (exact) mass is 382 g/mol. The van der Waals surface area contributed by atoms with Gasteiger partial charge >= 0.3 is 5.97 Å². The third kappa shape index (κ3) is 3.12.